The number of aryl methyl sites for hydroxylation is 1. The fourth-order valence-corrected chi connectivity index (χ4v) is 4.25. The Morgan fingerprint density at radius 1 is 0.879 bits per heavy atom. The van der Waals surface area contributed by atoms with Crippen molar-refractivity contribution in [2.24, 2.45) is 0 Å². The van der Waals surface area contributed by atoms with Crippen molar-refractivity contribution in [1.29, 1.82) is 0 Å². The van der Waals surface area contributed by atoms with Crippen LogP contribution < -0.4 is 5.32 Å². The Hall–Kier alpha value is -3.99. The molecule has 1 N–H and O–H groups in total. The molecule has 5 rings (SSSR count). The molecule has 0 fully saturated rings. The Morgan fingerprint density at radius 2 is 1.64 bits per heavy atom. The Kier molecular flexibility index (Phi) is 5.85. The highest BCUT2D eigenvalue weighted by Crippen LogP contribution is 2.23. The number of benzene rings is 4. The fraction of sp³-hybridized carbons (Fsp3) is 0.143. The van der Waals surface area contributed by atoms with Gasteiger partial charge in [0, 0.05) is 25.1 Å². The largest absolute Gasteiger partial charge is 0.352 e. The van der Waals surface area contributed by atoms with Gasteiger partial charge in [-0.2, -0.15) is 0 Å². The first-order chi connectivity index (χ1) is 16.2. The van der Waals surface area contributed by atoms with Gasteiger partial charge in [0.2, 0.25) is 0 Å². The molecule has 0 spiro atoms. The minimum absolute atomic E-state index is 0.195. The summed E-state index contributed by atoms with van der Waals surface area (Å²) in [7, 11) is 0. The van der Waals surface area contributed by atoms with E-state index in [1.807, 2.05) is 18.2 Å². The smallest absolute Gasteiger partial charge is 0.251 e. The average Bonchev–Trinajstić information content (AvgIpc) is 3.19. The number of rotatable bonds is 7. The molecule has 0 bridgehead atoms. The molecular weight excluding hydrogens is 413 g/mol. The predicted molar refractivity (Wildman–Crippen MR) is 130 cm³/mol. The number of hydrogen-bond donors (Lipinski definition) is 1. The van der Waals surface area contributed by atoms with Gasteiger partial charge in [0.1, 0.15) is 11.6 Å². The number of nitrogens with zero attached hydrogens (tertiary/aromatic N) is 2. The number of imidazole rings is 1. The van der Waals surface area contributed by atoms with Crippen LogP contribution in [0.25, 0.3) is 21.8 Å². The number of hydrogen-bond acceptors (Lipinski definition) is 2. The minimum Gasteiger partial charge on any atom is -0.352 e. The maximum absolute atomic E-state index is 13.1. The highest BCUT2D eigenvalue weighted by Gasteiger charge is 2.12. The molecule has 1 amide bonds. The normalized spacial score (nSPS) is 11.2. The van der Waals surface area contributed by atoms with Crippen LogP contribution in [0.3, 0.4) is 0 Å². The Morgan fingerprint density at radius 3 is 2.52 bits per heavy atom. The van der Waals surface area contributed by atoms with Gasteiger partial charge in [0.15, 0.2) is 0 Å². The summed E-state index contributed by atoms with van der Waals surface area (Å²) in [6.45, 7) is 1.26. The van der Waals surface area contributed by atoms with E-state index < -0.39 is 0 Å². The lowest BCUT2D eigenvalue weighted by molar-refractivity contribution is 0.0953. The monoisotopic (exact) mass is 437 g/mol. The molecule has 0 unspecified atom stereocenters. The van der Waals surface area contributed by atoms with E-state index in [4.69, 9.17) is 4.98 Å². The molecule has 1 aromatic heterocycles. The van der Waals surface area contributed by atoms with Gasteiger partial charge < -0.3 is 9.88 Å². The average molecular weight is 438 g/mol. The first kappa shape index (κ1) is 20.9. The van der Waals surface area contributed by atoms with Gasteiger partial charge in [0.05, 0.1) is 11.0 Å². The molecule has 5 aromatic rings. The molecule has 5 heteroatoms. The van der Waals surface area contributed by atoms with Gasteiger partial charge in [-0.25, -0.2) is 9.37 Å². The summed E-state index contributed by atoms with van der Waals surface area (Å²) in [6.07, 6.45) is 1.49. The van der Waals surface area contributed by atoms with Gasteiger partial charge in [-0.05, 0) is 59.2 Å². The Bertz CT molecular complexity index is 1420. The molecule has 0 atom stereocenters. The van der Waals surface area contributed by atoms with Crippen LogP contribution in [0.4, 0.5) is 4.39 Å². The molecule has 0 aliphatic rings. The SMILES string of the molecule is O=C(NCCCc1nc2ccccc2n1Cc1cccc2ccccc12)c1ccc(F)cc1. The number of carbonyl (C=O) groups is 1. The number of fused-ring (bicyclic) bond motifs is 2. The summed E-state index contributed by atoms with van der Waals surface area (Å²) in [6, 6.07) is 28.6. The molecule has 164 valence electrons. The molecule has 0 saturated heterocycles. The molecule has 1 heterocycles. The number of carbonyl (C=O) groups excluding carboxylic acids is 1. The Labute approximate surface area is 191 Å². The number of aromatic nitrogens is 2. The minimum atomic E-state index is -0.350. The topological polar surface area (TPSA) is 46.9 Å². The van der Waals surface area contributed by atoms with Crippen molar-refractivity contribution in [3.63, 3.8) is 0 Å². The van der Waals surface area contributed by atoms with Crippen LogP contribution in [0.15, 0.2) is 91.0 Å². The maximum Gasteiger partial charge on any atom is 0.251 e. The van der Waals surface area contributed by atoms with E-state index in [1.54, 1.807) is 0 Å². The lowest BCUT2D eigenvalue weighted by atomic mass is 10.0. The van der Waals surface area contributed by atoms with Crippen molar-refractivity contribution < 1.29 is 9.18 Å². The number of nitrogens with one attached hydrogen (secondary N) is 1. The fourth-order valence-electron chi connectivity index (χ4n) is 4.25. The van der Waals surface area contributed by atoms with Gasteiger partial charge in [-0.15, -0.1) is 0 Å². The van der Waals surface area contributed by atoms with Gasteiger partial charge in [-0.1, -0.05) is 54.6 Å². The molecule has 0 aliphatic heterocycles. The van der Waals surface area contributed by atoms with Crippen LogP contribution in [0.1, 0.15) is 28.2 Å². The molecule has 33 heavy (non-hydrogen) atoms. The van der Waals surface area contributed by atoms with E-state index in [0.29, 0.717) is 12.1 Å². The van der Waals surface area contributed by atoms with E-state index >= 15 is 0 Å². The molecule has 0 radical (unpaired) electrons. The van der Waals surface area contributed by atoms with Gasteiger partial charge in [-0.3, -0.25) is 4.79 Å². The van der Waals surface area contributed by atoms with Crippen LogP contribution in [0.5, 0.6) is 0 Å². The van der Waals surface area contributed by atoms with Crippen LogP contribution in [-0.2, 0) is 13.0 Å². The van der Waals surface area contributed by atoms with Crippen molar-refractivity contribution in [3.05, 3.63) is 114 Å². The number of halogens is 1. The van der Waals surface area contributed by atoms with Crippen molar-refractivity contribution in [2.75, 3.05) is 6.54 Å². The van der Waals surface area contributed by atoms with Gasteiger partial charge in [0.25, 0.3) is 5.91 Å². The van der Waals surface area contributed by atoms with Crippen LogP contribution in [0.2, 0.25) is 0 Å². The van der Waals surface area contributed by atoms with Gasteiger partial charge >= 0.3 is 0 Å². The zero-order chi connectivity index (χ0) is 22.6. The second-order valence-corrected chi connectivity index (χ2v) is 8.11. The molecular formula is C28H24FN3O. The lowest BCUT2D eigenvalue weighted by Crippen LogP contribution is -2.25. The second kappa shape index (κ2) is 9.25. The summed E-state index contributed by atoms with van der Waals surface area (Å²) in [4.78, 5) is 17.2. The summed E-state index contributed by atoms with van der Waals surface area (Å²) in [5.74, 6) is 0.455. The molecule has 0 aliphatic carbocycles. The van der Waals surface area contributed by atoms with Crippen molar-refractivity contribution in [3.8, 4) is 0 Å². The highest BCUT2D eigenvalue weighted by atomic mass is 19.1. The lowest BCUT2D eigenvalue weighted by Gasteiger charge is -2.12. The van der Waals surface area contributed by atoms with Crippen LogP contribution >= 0.6 is 0 Å². The maximum atomic E-state index is 13.1. The van der Waals surface area contributed by atoms with E-state index in [-0.39, 0.29) is 11.7 Å². The van der Waals surface area contributed by atoms with Crippen molar-refractivity contribution in [2.45, 2.75) is 19.4 Å². The summed E-state index contributed by atoms with van der Waals surface area (Å²) < 4.78 is 15.3. The number of amides is 1. The molecule has 4 nitrogen and oxygen atoms in total. The first-order valence-electron chi connectivity index (χ1n) is 11.1. The molecule has 0 saturated carbocycles. The van der Waals surface area contributed by atoms with Crippen LogP contribution in [0, 0.1) is 5.82 Å². The summed E-state index contributed by atoms with van der Waals surface area (Å²) in [5.41, 5.74) is 3.79. The third-order valence-electron chi connectivity index (χ3n) is 5.91. The standard InChI is InChI=1S/C28H24FN3O/c29-23-16-14-21(15-17-23)28(33)30-18-6-13-27-31-25-11-3-4-12-26(25)32(27)19-22-9-5-8-20-7-1-2-10-24(20)22/h1-5,7-12,14-17H,6,13,18-19H2,(H,30,33). The number of para-hydroxylation sites is 2. The van der Waals surface area contributed by atoms with E-state index in [0.717, 1.165) is 36.2 Å². The zero-order valence-corrected chi connectivity index (χ0v) is 18.2. The molecule has 4 aromatic carbocycles. The summed E-state index contributed by atoms with van der Waals surface area (Å²) in [5, 5.41) is 5.39. The highest BCUT2D eigenvalue weighted by molar-refractivity contribution is 5.94. The van der Waals surface area contributed by atoms with E-state index in [1.165, 1.54) is 40.6 Å². The van der Waals surface area contributed by atoms with E-state index in [9.17, 15) is 9.18 Å². The van der Waals surface area contributed by atoms with Crippen LogP contribution in [-0.4, -0.2) is 22.0 Å². The summed E-state index contributed by atoms with van der Waals surface area (Å²) >= 11 is 0. The third kappa shape index (κ3) is 4.48. The zero-order valence-electron chi connectivity index (χ0n) is 18.2. The van der Waals surface area contributed by atoms with Crippen molar-refractivity contribution >= 4 is 27.7 Å². The second-order valence-electron chi connectivity index (χ2n) is 8.11. The van der Waals surface area contributed by atoms with Crippen molar-refractivity contribution in [1.82, 2.24) is 14.9 Å². The third-order valence-corrected chi connectivity index (χ3v) is 5.91. The first-order valence-corrected chi connectivity index (χ1v) is 11.1. The quantitative estimate of drug-likeness (QED) is 0.330. The predicted octanol–water partition coefficient (Wildman–Crippen LogP) is 5.74. The Balaban J connectivity index is 1.34. The van der Waals surface area contributed by atoms with E-state index in [2.05, 4.69) is 58.4 Å².